The van der Waals surface area contributed by atoms with E-state index >= 15 is 0 Å². The van der Waals surface area contributed by atoms with E-state index in [1.807, 2.05) is 30.3 Å². The zero-order chi connectivity index (χ0) is 13.8. The van der Waals surface area contributed by atoms with Gasteiger partial charge in [-0.3, -0.25) is 0 Å². The van der Waals surface area contributed by atoms with Crippen LogP contribution in [0, 0.1) is 0 Å². The van der Waals surface area contributed by atoms with Gasteiger partial charge in [0.1, 0.15) is 12.4 Å². The number of para-hydroxylation sites is 1. The van der Waals surface area contributed by atoms with Crippen LogP contribution in [0.2, 0.25) is 0 Å². The third kappa shape index (κ3) is 9.47. The topological polar surface area (TPSA) is 33.7 Å². The molecule has 0 saturated heterocycles. The Morgan fingerprint density at radius 3 is 2.53 bits per heavy atom. The van der Waals surface area contributed by atoms with Gasteiger partial charge < -0.3 is 19.7 Å². The monoisotopic (exact) mass is 266 g/mol. The van der Waals surface area contributed by atoms with Gasteiger partial charge in [-0.1, -0.05) is 18.2 Å². The van der Waals surface area contributed by atoms with Crippen molar-refractivity contribution in [3.05, 3.63) is 30.3 Å². The molecule has 0 aliphatic carbocycles. The van der Waals surface area contributed by atoms with E-state index in [0.717, 1.165) is 32.0 Å². The first-order valence-corrected chi connectivity index (χ1v) is 6.90. The van der Waals surface area contributed by atoms with E-state index in [1.54, 1.807) is 0 Å². The molecule has 0 radical (unpaired) electrons. The van der Waals surface area contributed by atoms with Crippen molar-refractivity contribution in [2.75, 3.05) is 53.6 Å². The highest BCUT2D eigenvalue weighted by molar-refractivity contribution is 5.20. The number of hydrogen-bond donors (Lipinski definition) is 1. The molecule has 0 atom stereocenters. The van der Waals surface area contributed by atoms with Crippen LogP contribution in [0.1, 0.15) is 6.42 Å². The van der Waals surface area contributed by atoms with Crippen LogP contribution in [-0.2, 0) is 4.74 Å². The zero-order valence-corrected chi connectivity index (χ0v) is 12.1. The van der Waals surface area contributed by atoms with Crippen molar-refractivity contribution in [3.63, 3.8) is 0 Å². The molecular weight excluding hydrogens is 240 g/mol. The largest absolute Gasteiger partial charge is 0.491 e. The Morgan fingerprint density at radius 1 is 1.00 bits per heavy atom. The van der Waals surface area contributed by atoms with Crippen LogP contribution >= 0.6 is 0 Å². The minimum atomic E-state index is 0.602. The average molecular weight is 266 g/mol. The number of hydrogen-bond acceptors (Lipinski definition) is 4. The predicted octanol–water partition coefficient (Wildman–Crippen LogP) is 1.62. The minimum absolute atomic E-state index is 0.602. The quantitative estimate of drug-likeness (QED) is 0.617. The summed E-state index contributed by atoms with van der Waals surface area (Å²) in [5, 5.41) is 3.36. The summed E-state index contributed by atoms with van der Waals surface area (Å²) in [5.74, 6) is 0.896. The second-order valence-electron chi connectivity index (χ2n) is 4.68. The Labute approximate surface area is 116 Å². The number of nitrogens with one attached hydrogen (secondary N) is 1. The molecule has 0 heterocycles. The van der Waals surface area contributed by atoms with Crippen molar-refractivity contribution in [2.45, 2.75) is 6.42 Å². The predicted molar refractivity (Wildman–Crippen MR) is 78.8 cm³/mol. The van der Waals surface area contributed by atoms with Crippen molar-refractivity contribution in [1.82, 2.24) is 10.2 Å². The fourth-order valence-corrected chi connectivity index (χ4v) is 1.63. The van der Waals surface area contributed by atoms with Crippen molar-refractivity contribution >= 4 is 0 Å². The summed E-state index contributed by atoms with van der Waals surface area (Å²) >= 11 is 0. The second kappa shape index (κ2) is 10.8. The average Bonchev–Trinajstić information content (AvgIpc) is 2.42. The van der Waals surface area contributed by atoms with Gasteiger partial charge in [-0.15, -0.1) is 0 Å². The van der Waals surface area contributed by atoms with E-state index in [-0.39, 0.29) is 0 Å². The first kappa shape index (κ1) is 16.0. The van der Waals surface area contributed by atoms with Gasteiger partial charge in [0.25, 0.3) is 0 Å². The van der Waals surface area contributed by atoms with Gasteiger partial charge in [-0.2, -0.15) is 0 Å². The Morgan fingerprint density at radius 2 is 1.79 bits per heavy atom. The molecule has 108 valence electrons. The van der Waals surface area contributed by atoms with Crippen LogP contribution in [0.5, 0.6) is 5.75 Å². The third-order valence-corrected chi connectivity index (χ3v) is 2.62. The lowest BCUT2D eigenvalue weighted by Gasteiger charge is -2.10. The van der Waals surface area contributed by atoms with E-state index in [9.17, 15) is 0 Å². The van der Waals surface area contributed by atoms with Crippen molar-refractivity contribution in [3.8, 4) is 5.75 Å². The molecule has 0 aliphatic heterocycles. The number of nitrogens with zero attached hydrogens (tertiary/aromatic N) is 1. The van der Waals surface area contributed by atoms with Gasteiger partial charge in [0.15, 0.2) is 0 Å². The van der Waals surface area contributed by atoms with Gasteiger partial charge in [-0.05, 0) is 45.7 Å². The lowest BCUT2D eigenvalue weighted by molar-refractivity contribution is 0.102. The maximum Gasteiger partial charge on any atom is 0.119 e. The van der Waals surface area contributed by atoms with Gasteiger partial charge >= 0.3 is 0 Å². The normalized spacial score (nSPS) is 10.9. The second-order valence-corrected chi connectivity index (χ2v) is 4.68. The first-order chi connectivity index (χ1) is 9.29. The summed E-state index contributed by atoms with van der Waals surface area (Å²) in [4.78, 5) is 2.19. The SMILES string of the molecule is CN(C)CCCNCCOCCOc1ccccc1. The molecule has 1 rings (SSSR count). The van der Waals surface area contributed by atoms with Crippen LogP contribution in [0.3, 0.4) is 0 Å². The summed E-state index contributed by atoms with van der Waals surface area (Å²) in [5.41, 5.74) is 0. The van der Waals surface area contributed by atoms with Crippen LogP contribution in [0.25, 0.3) is 0 Å². The molecule has 0 amide bonds. The maximum absolute atomic E-state index is 5.53. The van der Waals surface area contributed by atoms with Crippen LogP contribution in [0.4, 0.5) is 0 Å². The van der Waals surface area contributed by atoms with E-state index in [4.69, 9.17) is 9.47 Å². The smallest absolute Gasteiger partial charge is 0.119 e. The summed E-state index contributed by atoms with van der Waals surface area (Å²) in [6.45, 7) is 5.04. The molecule has 1 aromatic rings. The molecule has 0 bridgehead atoms. The fourth-order valence-electron chi connectivity index (χ4n) is 1.63. The van der Waals surface area contributed by atoms with Gasteiger partial charge in [0.05, 0.1) is 13.2 Å². The molecule has 1 aromatic carbocycles. The molecular formula is C15H26N2O2. The van der Waals surface area contributed by atoms with Crippen LogP contribution < -0.4 is 10.1 Å². The molecule has 0 saturated carbocycles. The summed E-state index contributed by atoms with van der Waals surface area (Å²) in [7, 11) is 4.19. The Kier molecular flexibility index (Phi) is 9.06. The minimum Gasteiger partial charge on any atom is -0.491 e. The Balaban J connectivity index is 1.81. The summed E-state index contributed by atoms with van der Waals surface area (Å²) < 4.78 is 11.0. The maximum atomic E-state index is 5.53. The number of benzene rings is 1. The third-order valence-electron chi connectivity index (χ3n) is 2.62. The summed E-state index contributed by atoms with van der Waals surface area (Å²) in [6, 6.07) is 9.81. The lowest BCUT2D eigenvalue weighted by atomic mass is 10.3. The fraction of sp³-hybridized carbons (Fsp3) is 0.600. The van der Waals surface area contributed by atoms with Crippen molar-refractivity contribution in [2.24, 2.45) is 0 Å². The van der Waals surface area contributed by atoms with E-state index in [1.165, 1.54) is 6.42 Å². The highest BCUT2D eigenvalue weighted by Gasteiger charge is 1.93. The lowest BCUT2D eigenvalue weighted by Crippen LogP contribution is -2.24. The number of ether oxygens (including phenoxy) is 2. The molecule has 0 fully saturated rings. The Hall–Kier alpha value is -1.10. The highest BCUT2D eigenvalue weighted by Crippen LogP contribution is 2.07. The van der Waals surface area contributed by atoms with Gasteiger partial charge in [-0.25, -0.2) is 0 Å². The molecule has 4 nitrogen and oxygen atoms in total. The Bertz CT molecular complexity index is 304. The molecule has 1 N–H and O–H groups in total. The molecule has 0 aliphatic rings. The van der Waals surface area contributed by atoms with Gasteiger partial charge in [0, 0.05) is 6.54 Å². The molecule has 19 heavy (non-hydrogen) atoms. The molecule has 0 aromatic heterocycles. The van der Waals surface area contributed by atoms with E-state index in [2.05, 4.69) is 24.3 Å². The summed E-state index contributed by atoms with van der Waals surface area (Å²) in [6.07, 6.45) is 1.17. The van der Waals surface area contributed by atoms with Crippen molar-refractivity contribution in [1.29, 1.82) is 0 Å². The molecule has 0 unspecified atom stereocenters. The number of rotatable bonds is 11. The molecule has 0 spiro atoms. The van der Waals surface area contributed by atoms with E-state index < -0.39 is 0 Å². The zero-order valence-electron chi connectivity index (χ0n) is 12.1. The van der Waals surface area contributed by atoms with Gasteiger partial charge in [0.2, 0.25) is 0 Å². The first-order valence-electron chi connectivity index (χ1n) is 6.90. The van der Waals surface area contributed by atoms with E-state index in [0.29, 0.717) is 13.2 Å². The van der Waals surface area contributed by atoms with Crippen molar-refractivity contribution < 1.29 is 9.47 Å². The van der Waals surface area contributed by atoms with Crippen LogP contribution in [0.15, 0.2) is 30.3 Å². The highest BCUT2D eigenvalue weighted by atomic mass is 16.5. The molecule has 4 heteroatoms. The standard InChI is InChI=1S/C15H26N2O2/c1-17(2)11-6-9-16-10-12-18-13-14-19-15-7-4-3-5-8-15/h3-5,7-8,16H,6,9-14H2,1-2H3. The van der Waals surface area contributed by atoms with Crippen LogP contribution in [-0.4, -0.2) is 58.5 Å².